The van der Waals surface area contributed by atoms with Gasteiger partial charge in [0.1, 0.15) is 5.15 Å². The number of benzene rings is 9. The molecule has 5 aliphatic rings. The highest BCUT2D eigenvalue weighted by atomic mass is 35.5. The fraction of sp³-hybridized carbons (Fsp3) is 0.295. The lowest BCUT2D eigenvalue weighted by Crippen LogP contribution is -2.43. The smallest absolute Gasteiger partial charge is 0.261 e. The molecule has 30 heteroatoms. The molecule has 0 saturated carbocycles. The van der Waals surface area contributed by atoms with Crippen LogP contribution in [0.3, 0.4) is 0 Å². The summed E-state index contributed by atoms with van der Waals surface area (Å²) in [6.45, 7) is 8.85. The molecule has 13 heterocycles. The molecule has 17 aromatic rings. The first-order chi connectivity index (χ1) is 65.9. The van der Waals surface area contributed by atoms with Crippen LogP contribution in [-0.2, 0) is 44.6 Å². The van der Waals surface area contributed by atoms with E-state index in [1.165, 1.54) is 28.3 Å². The molecule has 0 aliphatic carbocycles. The monoisotopic (exact) mass is 1850 g/mol. The maximum absolute atomic E-state index is 14.4. The lowest BCUT2D eigenvalue weighted by Gasteiger charge is -2.29. The van der Waals surface area contributed by atoms with Gasteiger partial charge in [-0.15, -0.1) is 11.8 Å². The topological polar surface area (TPSA) is 333 Å². The molecular weight excluding hydrogens is 1750 g/mol. The van der Waals surface area contributed by atoms with Crippen LogP contribution in [-0.4, -0.2) is 195 Å². The Morgan fingerprint density at radius 2 is 0.800 bits per heavy atom. The summed E-state index contributed by atoms with van der Waals surface area (Å²) in [6, 6.07) is 60.4. The second-order valence-electron chi connectivity index (χ2n) is 34.8. The summed E-state index contributed by atoms with van der Waals surface area (Å²) in [4.78, 5) is 92.0. The number of aliphatic hydroxyl groups is 4. The Balaban J connectivity index is 0.000000116. The summed E-state index contributed by atoms with van der Waals surface area (Å²) in [7, 11) is 1.55. The highest BCUT2D eigenvalue weighted by molar-refractivity contribution is 7.98. The third kappa shape index (κ3) is 19.3. The number of aromatic nitrogens is 12. The maximum atomic E-state index is 14.4. The first-order valence-electron chi connectivity index (χ1n) is 45.4. The van der Waals surface area contributed by atoms with Gasteiger partial charge in [0.25, 0.3) is 22.2 Å². The number of fused-ring (bicyclic) bond motifs is 12. The number of hydrogen-bond donors (Lipinski definition) is 5. The average molecular weight is 1850 g/mol. The summed E-state index contributed by atoms with van der Waals surface area (Å²) in [6.07, 6.45) is 15.1. The predicted octanol–water partition coefficient (Wildman–Crippen LogP) is 14.3. The minimum Gasteiger partial charge on any atom is -0.481 e. The molecule has 27 nitrogen and oxygen atoms in total. The van der Waals surface area contributed by atoms with Crippen LogP contribution in [0.2, 0.25) is 5.15 Å². The number of nitrogens with zero attached hydrogens (tertiary/aromatic N) is 13. The van der Waals surface area contributed by atoms with E-state index in [1.54, 1.807) is 69.9 Å². The van der Waals surface area contributed by atoms with Crippen LogP contribution >= 0.6 is 23.4 Å². The third-order valence-corrected chi connectivity index (χ3v) is 27.1. The molecule has 8 atom stereocenters. The molecule has 0 radical (unpaired) electrons. The van der Waals surface area contributed by atoms with E-state index in [4.69, 9.17) is 40.3 Å². The van der Waals surface area contributed by atoms with Crippen molar-refractivity contribution < 1.29 is 48.5 Å². The molecule has 0 bridgehead atoms. The Bertz CT molecular complexity index is 7580. The van der Waals surface area contributed by atoms with Gasteiger partial charge in [0.05, 0.1) is 167 Å². The quantitative estimate of drug-likeness (QED) is 0.0341. The van der Waals surface area contributed by atoms with Gasteiger partial charge in [-0.2, -0.15) is 4.39 Å². The van der Waals surface area contributed by atoms with Gasteiger partial charge in [-0.1, -0.05) is 121 Å². The van der Waals surface area contributed by atoms with Crippen LogP contribution in [0.25, 0.3) is 98.0 Å². The summed E-state index contributed by atoms with van der Waals surface area (Å²) < 4.78 is 47.3. The van der Waals surface area contributed by atoms with Crippen LogP contribution in [0.4, 0.5) is 10.1 Å². The van der Waals surface area contributed by atoms with Crippen molar-refractivity contribution >= 4 is 116 Å². The van der Waals surface area contributed by atoms with Crippen LogP contribution < -0.4 is 37.2 Å². The average Bonchev–Trinajstić information content (AvgIpc) is 0.762. The van der Waals surface area contributed by atoms with E-state index >= 15 is 0 Å². The Morgan fingerprint density at radius 3 is 1.19 bits per heavy atom. The van der Waals surface area contributed by atoms with Crippen molar-refractivity contribution in [3.8, 4) is 17.1 Å². The minimum atomic E-state index is -0.766. The van der Waals surface area contributed by atoms with Crippen molar-refractivity contribution in [2.45, 2.75) is 112 Å². The third-order valence-electron chi connectivity index (χ3n) is 26.2. The number of piperazine rings is 1. The number of methoxy groups -OCH3 is 1. The van der Waals surface area contributed by atoms with Gasteiger partial charge in [-0.05, 0) is 209 Å². The molecule has 22 rings (SSSR count). The number of aliphatic hydroxyl groups excluding tert-OH is 4. The number of hydrogen-bond acceptors (Lipinski definition) is 24. The summed E-state index contributed by atoms with van der Waals surface area (Å²) >= 11 is 7.78. The highest BCUT2D eigenvalue weighted by Crippen LogP contribution is 2.37. The van der Waals surface area contributed by atoms with E-state index in [0.717, 1.165) is 125 Å². The van der Waals surface area contributed by atoms with Crippen molar-refractivity contribution in [3.63, 3.8) is 0 Å². The molecule has 0 spiro atoms. The van der Waals surface area contributed by atoms with Gasteiger partial charge in [0.15, 0.2) is 0 Å². The number of rotatable bonds is 16. The number of nitrogens with one attached hydrogen (secondary N) is 1. The number of ether oxygens (including phenoxy) is 5. The zero-order valence-electron chi connectivity index (χ0n) is 74.6. The molecule has 135 heavy (non-hydrogen) atoms. The molecule has 9 aromatic carbocycles. The van der Waals surface area contributed by atoms with Crippen molar-refractivity contribution in [1.82, 2.24) is 63.5 Å². The Kier molecular flexibility index (Phi) is 27.4. The number of halogens is 2. The van der Waals surface area contributed by atoms with Crippen LogP contribution in [0.15, 0.2) is 256 Å². The molecular formula is C105H100ClFN14O13S. The first-order valence-corrected chi connectivity index (χ1v) is 47.0. The molecule has 5 saturated heterocycles. The summed E-state index contributed by atoms with van der Waals surface area (Å²) in [5.41, 5.74) is 13.4. The van der Waals surface area contributed by atoms with Gasteiger partial charge in [-0.25, -0.2) is 34.9 Å². The summed E-state index contributed by atoms with van der Waals surface area (Å²) in [5, 5.41) is 56.5. The largest absolute Gasteiger partial charge is 0.481 e. The number of anilines is 1. The highest BCUT2D eigenvalue weighted by Gasteiger charge is 2.33. The standard InChI is InChI=1S/C29H25FN4O3.C28H30N4O3.C24H22ClN3O4.C24H23N3O3S/c1-17-10-22(28(30)32-14-17)24-12-18(6-8-31-24)11-19-13-23-27(21-5-3-2-4-20(19)21)33-16-34(29(23)36)25-7-9-37-15-26(25)35;33-26-17-35-14-9-25(26)32-18-30-27-23-4-2-1-3-22(23)20(16-24(27)28(32)34)15-19-5-7-21(8-6-19)31-12-10-29-11-13-31;1-31-22-10-14(9-21(25)27-22)8-15-11-18-23(17-5-3-2-4-16(15)17)26-13-28(24(18)30)19-6-7-32-12-20(19)29;1-31-22-11-15(6-8-25-22)10-16-12-19-23(18-5-3-2-4-17(16)18)26-14-27(24(19)29)20-7-9-30-13-21(20)28/h2-6,8,10,12-14,16,25-26,35H,7,9,11,15H2,1H3;1-8,16,18,25-26,29,33H,9-15,17H2;2-5,9-11,13,19-20,29H,6-8,12H2,1H3;2-6,8,11-12,14,20-21,28H,7,9-10,13H2,1H3/t2*25-,26-;19-,20-;20-,21-/m0000/s1. The first kappa shape index (κ1) is 91.1. The minimum absolute atomic E-state index is 0.109. The molecule has 8 aromatic heterocycles. The van der Waals surface area contributed by atoms with Crippen molar-refractivity contribution in [1.29, 1.82) is 0 Å². The fourth-order valence-corrected chi connectivity index (χ4v) is 20.0. The van der Waals surface area contributed by atoms with Crippen LogP contribution in [0.1, 0.15) is 99.9 Å². The van der Waals surface area contributed by atoms with Crippen LogP contribution in [0, 0.1) is 12.9 Å². The van der Waals surface area contributed by atoms with Crippen molar-refractivity contribution in [3.05, 3.63) is 335 Å². The molecule has 688 valence electrons. The Labute approximate surface area is 783 Å². The Morgan fingerprint density at radius 1 is 0.430 bits per heavy atom. The van der Waals surface area contributed by atoms with E-state index in [-0.39, 0.29) is 72.8 Å². The lowest BCUT2D eigenvalue weighted by atomic mass is 9.95. The van der Waals surface area contributed by atoms with Crippen molar-refractivity contribution in [2.75, 3.05) is 97.3 Å². The predicted molar refractivity (Wildman–Crippen MR) is 523 cm³/mol. The number of pyridine rings is 4. The van der Waals surface area contributed by atoms with Crippen molar-refractivity contribution in [2.24, 2.45) is 0 Å². The van der Waals surface area contributed by atoms with Gasteiger partial charge in [-0.3, -0.25) is 42.4 Å². The second kappa shape index (κ2) is 40.7. The maximum Gasteiger partial charge on any atom is 0.261 e. The normalized spacial score (nSPS) is 19.2. The van der Waals surface area contributed by atoms with Gasteiger partial charge >= 0.3 is 0 Å². The zero-order valence-corrected chi connectivity index (χ0v) is 76.2. The van der Waals surface area contributed by atoms with E-state index in [9.17, 15) is 44.0 Å². The van der Waals surface area contributed by atoms with Gasteiger partial charge < -0.3 is 54.3 Å². The molecule has 5 N–H and O–H groups in total. The van der Waals surface area contributed by atoms with Crippen LogP contribution in [0.5, 0.6) is 5.88 Å². The Hall–Kier alpha value is -13.0. The lowest BCUT2D eigenvalue weighted by molar-refractivity contribution is -0.0395. The SMILES string of the molecule is COc1cc(Cc2cc3c(=O)n([C@H]4CCOC[C@@H]4O)cnc3c3ccccc23)cc(Cl)n1.CSc1cc(Cc2cc3c(=O)n([C@H]4CCOC[C@@H]4O)cnc3c3ccccc23)ccn1.Cc1cnc(F)c(-c2cc(Cc3cc4c(=O)n([C@H]5CCOC[C@@H]5O)cnc4c4ccccc34)ccn2)c1.O=c1c2cc(Cc3ccc(N4CCNCC4)cc3)c3ccccc3c2ncn1[C@H]1CCOC[C@@H]1O. The van der Waals surface area contributed by atoms with E-state index in [1.807, 2.05) is 153 Å². The molecule has 0 amide bonds. The number of aryl methyl sites for hydroxylation is 1. The number of thioether (sulfide) groups is 1. The molecule has 5 fully saturated rings. The van der Waals surface area contributed by atoms with E-state index in [2.05, 4.69) is 87.6 Å². The fourth-order valence-electron chi connectivity index (χ4n) is 19.4. The second-order valence-corrected chi connectivity index (χ2v) is 36.0. The van der Waals surface area contributed by atoms with Gasteiger partial charge in [0, 0.05) is 104 Å². The van der Waals surface area contributed by atoms with E-state index < -0.39 is 30.4 Å². The zero-order chi connectivity index (χ0) is 92.9. The van der Waals surface area contributed by atoms with E-state index in [0.29, 0.717) is 137 Å². The summed E-state index contributed by atoms with van der Waals surface area (Å²) in [5.74, 6) is -0.122. The molecule has 0 unspecified atom stereocenters. The molecule has 5 aliphatic heterocycles. The van der Waals surface area contributed by atoms with Gasteiger partial charge in [0.2, 0.25) is 11.8 Å².